The smallest absolute Gasteiger partial charge is 0.251 e. The van der Waals surface area contributed by atoms with Gasteiger partial charge in [-0.1, -0.05) is 0 Å². The van der Waals surface area contributed by atoms with Crippen LogP contribution in [-0.2, 0) is 14.3 Å². The molecule has 3 fully saturated rings. The van der Waals surface area contributed by atoms with E-state index >= 15 is 0 Å². The van der Waals surface area contributed by atoms with Crippen molar-refractivity contribution < 1.29 is 14.3 Å². The normalized spacial score (nSPS) is 31.6. The Morgan fingerprint density at radius 3 is 3.05 bits per heavy atom. The first-order valence-corrected chi connectivity index (χ1v) is 8.84. The monoisotopic (exact) mass is 320 g/mol. The summed E-state index contributed by atoms with van der Waals surface area (Å²) in [7, 11) is 0. The quantitative estimate of drug-likeness (QED) is 0.836. The van der Waals surface area contributed by atoms with Crippen LogP contribution in [0.2, 0.25) is 0 Å². The molecule has 3 aliphatic rings. The maximum absolute atomic E-state index is 12.5. The summed E-state index contributed by atoms with van der Waals surface area (Å²) in [4.78, 5) is 28.7. The molecule has 5 nitrogen and oxygen atoms in total. The summed E-state index contributed by atoms with van der Waals surface area (Å²) < 4.78 is 5.51. The molecule has 22 heavy (non-hydrogen) atoms. The van der Waals surface area contributed by atoms with Crippen molar-refractivity contribution in [1.29, 1.82) is 0 Å². The van der Waals surface area contributed by atoms with Crippen molar-refractivity contribution in [3.63, 3.8) is 0 Å². The van der Waals surface area contributed by atoms with Crippen molar-refractivity contribution in [1.82, 2.24) is 4.90 Å². The molecular formula is C16H20N2O3S. The van der Waals surface area contributed by atoms with Gasteiger partial charge >= 0.3 is 0 Å². The summed E-state index contributed by atoms with van der Waals surface area (Å²) in [6.45, 7) is 2.87. The van der Waals surface area contributed by atoms with Gasteiger partial charge in [0.1, 0.15) is 6.10 Å². The highest BCUT2D eigenvalue weighted by molar-refractivity contribution is 7.08. The van der Waals surface area contributed by atoms with Crippen LogP contribution >= 0.6 is 11.3 Å². The summed E-state index contributed by atoms with van der Waals surface area (Å²) >= 11 is 1.61. The zero-order valence-corrected chi connectivity index (χ0v) is 13.3. The first kappa shape index (κ1) is 14.2. The minimum Gasteiger partial charge on any atom is -0.368 e. The molecule has 3 aliphatic heterocycles. The number of amides is 2. The van der Waals surface area contributed by atoms with E-state index in [4.69, 9.17) is 4.74 Å². The van der Waals surface area contributed by atoms with E-state index in [-0.39, 0.29) is 23.3 Å². The molecule has 0 aliphatic carbocycles. The van der Waals surface area contributed by atoms with E-state index in [1.54, 1.807) is 11.3 Å². The summed E-state index contributed by atoms with van der Waals surface area (Å²) in [5.74, 6) is 0.306. The SMILES string of the molecule is O=C([C@H]1CCCO1)N1CC[C@]2(CC(=O)N(c3ccsc3)C2)C1. The Bertz CT molecular complexity index is 582. The maximum Gasteiger partial charge on any atom is 0.251 e. The lowest BCUT2D eigenvalue weighted by molar-refractivity contribution is -0.140. The van der Waals surface area contributed by atoms with Crippen LogP contribution in [-0.4, -0.2) is 49.1 Å². The van der Waals surface area contributed by atoms with E-state index < -0.39 is 0 Å². The van der Waals surface area contributed by atoms with Crippen molar-refractivity contribution in [2.75, 3.05) is 31.1 Å². The van der Waals surface area contributed by atoms with E-state index in [0.29, 0.717) is 19.6 Å². The minimum absolute atomic E-state index is 0.0622. The molecule has 0 saturated carbocycles. The predicted octanol–water partition coefficient (Wildman–Crippen LogP) is 1.88. The Kier molecular flexibility index (Phi) is 3.46. The molecule has 0 radical (unpaired) electrons. The van der Waals surface area contributed by atoms with Crippen LogP contribution in [0.1, 0.15) is 25.7 Å². The topological polar surface area (TPSA) is 49.9 Å². The number of anilines is 1. The largest absolute Gasteiger partial charge is 0.368 e. The van der Waals surface area contributed by atoms with Gasteiger partial charge in [-0.05, 0) is 30.7 Å². The lowest BCUT2D eigenvalue weighted by Crippen LogP contribution is -2.39. The van der Waals surface area contributed by atoms with E-state index in [9.17, 15) is 9.59 Å². The van der Waals surface area contributed by atoms with Gasteiger partial charge in [0.05, 0.1) is 5.69 Å². The van der Waals surface area contributed by atoms with Gasteiger partial charge in [0.25, 0.3) is 5.91 Å². The fourth-order valence-corrected chi connectivity index (χ4v) is 4.56. The number of ether oxygens (including phenoxy) is 1. The second-order valence-electron chi connectivity index (χ2n) is 6.65. The van der Waals surface area contributed by atoms with E-state index in [1.165, 1.54) is 0 Å². The Morgan fingerprint density at radius 1 is 1.41 bits per heavy atom. The molecule has 1 aromatic heterocycles. The molecule has 4 heterocycles. The number of rotatable bonds is 2. The molecule has 0 unspecified atom stereocenters. The molecular weight excluding hydrogens is 300 g/mol. The van der Waals surface area contributed by atoms with Crippen molar-refractivity contribution in [3.05, 3.63) is 16.8 Å². The van der Waals surface area contributed by atoms with Gasteiger partial charge in [-0.3, -0.25) is 9.59 Å². The zero-order valence-electron chi connectivity index (χ0n) is 12.5. The highest BCUT2D eigenvalue weighted by Crippen LogP contribution is 2.42. The van der Waals surface area contributed by atoms with Crippen LogP contribution in [0, 0.1) is 5.41 Å². The number of thiophene rings is 1. The van der Waals surface area contributed by atoms with Crippen LogP contribution in [0.5, 0.6) is 0 Å². The van der Waals surface area contributed by atoms with Crippen molar-refractivity contribution in [2.45, 2.75) is 31.8 Å². The molecule has 0 aromatic carbocycles. The average molecular weight is 320 g/mol. The first-order chi connectivity index (χ1) is 10.7. The predicted molar refractivity (Wildman–Crippen MR) is 83.9 cm³/mol. The Hall–Kier alpha value is -1.40. The molecule has 4 rings (SSSR count). The van der Waals surface area contributed by atoms with Crippen LogP contribution in [0.25, 0.3) is 0 Å². The summed E-state index contributed by atoms with van der Waals surface area (Å²) in [6, 6.07) is 1.99. The highest BCUT2D eigenvalue weighted by atomic mass is 32.1. The number of likely N-dealkylation sites (tertiary alicyclic amines) is 1. The van der Waals surface area contributed by atoms with Crippen LogP contribution in [0.3, 0.4) is 0 Å². The Labute approximate surface area is 133 Å². The molecule has 0 bridgehead atoms. The molecule has 118 valence electrons. The minimum atomic E-state index is -0.250. The molecule has 2 atom stereocenters. The average Bonchev–Trinajstić information content (AvgIpc) is 3.26. The number of nitrogens with zero attached hydrogens (tertiary/aromatic N) is 2. The van der Waals surface area contributed by atoms with E-state index in [1.807, 2.05) is 26.6 Å². The molecule has 0 N–H and O–H groups in total. The van der Waals surface area contributed by atoms with Crippen molar-refractivity contribution in [2.24, 2.45) is 5.41 Å². The molecule has 1 spiro atoms. The number of carbonyl (C=O) groups is 2. The zero-order chi connectivity index (χ0) is 15.2. The Balaban J connectivity index is 1.46. The van der Waals surface area contributed by atoms with Crippen LogP contribution in [0.15, 0.2) is 16.8 Å². The van der Waals surface area contributed by atoms with Gasteiger partial charge in [0.15, 0.2) is 0 Å². The van der Waals surface area contributed by atoms with E-state index in [2.05, 4.69) is 0 Å². The van der Waals surface area contributed by atoms with Gasteiger partial charge in [0, 0.05) is 43.5 Å². The second kappa shape index (κ2) is 5.35. The highest BCUT2D eigenvalue weighted by Gasteiger charge is 2.49. The third kappa shape index (κ3) is 2.34. The third-order valence-corrected chi connectivity index (χ3v) is 5.76. The van der Waals surface area contributed by atoms with Crippen LogP contribution < -0.4 is 4.90 Å². The standard InChI is InChI=1S/C16H20N2O3S/c19-14-8-16(11-18(14)12-3-7-22-9-12)4-5-17(10-16)15(20)13-2-1-6-21-13/h3,7,9,13H,1-2,4-6,8,10-11H2/t13-,16+/m1/s1. The second-order valence-corrected chi connectivity index (χ2v) is 7.43. The Morgan fingerprint density at radius 2 is 2.32 bits per heavy atom. The molecule has 2 amide bonds. The van der Waals surface area contributed by atoms with Gasteiger partial charge in [-0.15, -0.1) is 0 Å². The molecule has 6 heteroatoms. The van der Waals surface area contributed by atoms with Crippen molar-refractivity contribution >= 4 is 28.8 Å². The van der Waals surface area contributed by atoms with Crippen molar-refractivity contribution in [3.8, 4) is 0 Å². The van der Waals surface area contributed by atoms with Gasteiger partial charge in [0.2, 0.25) is 5.91 Å². The van der Waals surface area contributed by atoms with Gasteiger partial charge in [-0.25, -0.2) is 0 Å². The van der Waals surface area contributed by atoms with E-state index in [0.717, 1.165) is 38.0 Å². The first-order valence-electron chi connectivity index (χ1n) is 7.90. The molecule has 1 aromatic rings. The lowest BCUT2D eigenvalue weighted by atomic mass is 9.86. The number of carbonyl (C=O) groups excluding carboxylic acids is 2. The maximum atomic E-state index is 12.5. The lowest BCUT2D eigenvalue weighted by Gasteiger charge is -2.25. The molecule has 3 saturated heterocycles. The summed E-state index contributed by atoms with van der Waals surface area (Å²) in [5.41, 5.74) is 0.934. The van der Waals surface area contributed by atoms with Gasteiger partial charge < -0.3 is 14.5 Å². The number of hydrogen-bond donors (Lipinski definition) is 0. The van der Waals surface area contributed by atoms with Crippen LogP contribution in [0.4, 0.5) is 5.69 Å². The summed E-state index contributed by atoms with van der Waals surface area (Å²) in [6.07, 6.45) is 3.03. The fraction of sp³-hybridized carbons (Fsp3) is 0.625. The third-order valence-electron chi connectivity index (χ3n) is 5.09. The summed E-state index contributed by atoms with van der Waals surface area (Å²) in [5, 5.41) is 4.01. The number of hydrogen-bond acceptors (Lipinski definition) is 4. The van der Waals surface area contributed by atoms with Gasteiger partial charge in [-0.2, -0.15) is 11.3 Å². The fourth-order valence-electron chi connectivity index (χ4n) is 3.91.